The summed E-state index contributed by atoms with van der Waals surface area (Å²) >= 11 is 0. The van der Waals surface area contributed by atoms with Crippen molar-refractivity contribution in [1.29, 1.82) is 0 Å². The van der Waals surface area contributed by atoms with Crippen LogP contribution in [0.25, 0.3) is 0 Å². The van der Waals surface area contributed by atoms with E-state index in [1.54, 1.807) is 9.80 Å². The van der Waals surface area contributed by atoms with Crippen molar-refractivity contribution in [1.82, 2.24) is 30.2 Å². The Balaban J connectivity index is 1.45. The monoisotopic (exact) mass is 760 g/mol. The smallest absolute Gasteiger partial charge is 0.243 e. The molecule has 4 N–H and O–H groups in total. The number of benzene rings is 2. The molecule has 2 aliphatic heterocycles. The molecule has 12 heteroatoms. The van der Waals surface area contributed by atoms with E-state index in [2.05, 4.69) is 52.2 Å². The molecule has 0 fully saturated rings. The van der Waals surface area contributed by atoms with Gasteiger partial charge in [-0.15, -0.1) is 0 Å². The lowest BCUT2D eigenvalue weighted by atomic mass is 9.86. The number of rotatable bonds is 14. The highest BCUT2D eigenvalue weighted by Crippen LogP contribution is 2.30. The number of nitrogens with zero attached hydrogens (tertiary/aromatic N) is 4. The number of carbonyl (C=O) groups excluding carboxylic acids is 5. The van der Waals surface area contributed by atoms with Crippen molar-refractivity contribution in [3.63, 3.8) is 0 Å². The summed E-state index contributed by atoms with van der Waals surface area (Å²) < 4.78 is 0. The first-order valence-electron chi connectivity index (χ1n) is 19.6. The molecule has 2 aromatic carbocycles. The summed E-state index contributed by atoms with van der Waals surface area (Å²) in [7, 11) is 7.54. The highest BCUT2D eigenvalue weighted by atomic mass is 16.2. The fraction of sp³-hybridized carbons (Fsp3) is 0.605. The first-order chi connectivity index (χ1) is 25.7. The molecular formula is C43H65N7O5. The topological polar surface area (TPSA) is 148 Å². The van der Waals surface area contributed by atoms with Gasteiger partial charge in [0.2, 0.25) is 29.5 Å². The Labute approximate surface area is 328 Å². The first-order valence-corrected chi connectivity index (χ1v) is 19.6. The molecule has 302 valence electrons. The normalized spacial score (nSPS) is 18.9. The molecule has 2 aliphatic rings. The molecular weight excluding hydrogens is 695 g/mol. The molecule has 5 atom stereocenters. The number of carbonyl (C=O) groups is 5. The average molecular weight is 760 g/mol. The molecule has 0 spiro atoms. The van der Waals surface area contributed by atoms with E-state index < -0.39 is 42.0 Å². The Morgan fingerprint density at radius 1 is 0.691 bits per heavy atom. The van der Waals surface area contributed by atoms with Crippen LogP contribution < -0.4 is 16.4 Å². The highest BCUT2D eigenvalue weighted by molar-refractivity contribution is 5.93. The van der Waals surface area contributed by atoms with Gasteiger partial charge in [0.05, 0.1) is 12.1 Å². The van der Waals surface area contributed by atoms with Crippen LogP contribution in [0.15, 0.2) is 48.5 Å². The van der Waals surface area contributed by atoms with Crippen LogP contribution in [0.3, 0.4) is 0 Å². The zero-order valence-corrected chi connectivity index (χ0v) is 34.8. The number of nitrogens with one attached hydrogen (secondary N) is 2. The van der Waals surface area contributed by atoms with Crippen LogP contribution in [0.4, 0.5) is 0 Å². The second-order valence-electron chi connectivity index (χ2n) is 18.3. The van der Waals surface area contributed by atoms with Crippen LogP contribution in [0.5, 0.6) is 0 Å². The van der Waals surface area contributed by atoms with E-state index in [1.807, 2.05) is 86.5 Å². The number of hydrogen-bond donors (Lipinski definition) is 3. The number of amides is 5. The van der Waals surface area contributed by atoms with Gasteiger partial charge in [-0.3, -0.25) is 33.8 Å². The molecule has 0 unspecified atom stereocenters. The van der Waals surface area contributed by atoms with Gasteiger partial charge in [-0.1, -0.05) is 90.1 Å². The van der Waals surface area contributed by atoms with Gasteiger partial charge in [0.1, 0.15) is 18.1 Å². The molecule has 0 saturated heterocycles. The molecule has 0 saturated carbocycles. The Morgan fingerprint density at radius 2 is 1.09 bits per heavy atom. The van der Waals surface area contributed by atoms with Gasteiger partial charge >= 0.3 is 0 Å². The highest BCUT2D eigenvalue weighted by Gasteiger charge is 2.41. The summed E-state index contributed by atoms with van der Waals surface area (Å²) in [5.74, 6) is -1.62. The van der Waals surface area contributed by atoms with Crippen LogP contribution in [-0.4, -0.2) is 114 Å². The van der Waals surface area contributed by atoms with Gasteiger partial charge in [0.25, 0.3) is 0 Å². The van der Waals surface area contributed by atoms with Gasteiger partial charge in [0.15, 0.2) is 0 Å². The third-order valence-corrected chi connectivity index (χ3v) is 10.7. The molecule has 2 aromatic rings. The van der Waals surface area contributed by atoms with Crippen molar-refractivity contribution in [2.24, 2.45) is 16.6 Å². The van der Waals surface area contributed by atoms with E-state index in [0.717, 1.165) is 22.3 Å². The lowest BCUT2D eigenvalue weighted by Crippen LogP contribution is -2.59. The van der Waals surface area contributed by atoms with Crippen LogP contribution in [0, 0.1) is 10.8 Å². The molecule has 4 rings (SSSR count). The van der Waals surface area contributed by atoms with Crippen LogP contribution in [0.2, 0.25) is 0 Å². The summed E-state index contributed by atoms with van der Waals surface area (Å²) in [5.41, 5.74) is 9.63. The minimum Gasteiger partial charge on any atom is -0.368 e. The van der Waals surface area contributed by atoms with Crippen molar-refractivity contribution in [3.8, 4) is 0 Å². The quantitative estimate of drug-likeness (QED) is 0.250. The number of hydrogen-bond acceptors (Lipinski definition) is 7. The van der Waals surface area contributed by atoms with Gasteiger partial charge in [-0.05, 0) is 87.0 Å². The lowest BCUT2D eigenvalue weighted by Gasteiger charge is -2.40. The molecule has 2 heterocycles. The zero-order chi connectivity index (χ0) is 40.8. The predicted octanol–water partition coefficient (Wildman–Crippen LogP) is 3.49. The van der Waals surface area contributed by atoms with Crippen LogP contribution in [-0.2, 0) is 49.9 Å². The van der Waals surface area contributed by atoms with E-state index in [1.165, 1.54) is 0 Å². The Morgan fingerprint density at radius 3 is 1.47 bits per heavy atom. The van der Waals surface area contributed by atoms with E-state index in [9.17, 15) is 24.0 Å². The molecule has 55 heavy (non-hydrogen) atoms. The van der Waals surface area contributed by atoms with Gasteiger partial charge in [0, 0.05) is 32.5 Å². The summed E-state index contributed by atoms with van der Waals surface area (Å²) in [5, 5.41) is 5.85. The Bertz CT molecular complexity index is 1690. The van der Waals surface area contributed by atoms with Gasteiger partial charge in [-0.25, -0.2) is 0 Å². The summed E-state index contributed by atoms with van der Waals surface area (Å²) in [6.45, 7) is 13.4. The minimum atomic E-state index is -1.00. The maximum absolute atomic E-state index is 14.2. The van der Waals surface area contributed by atoms with E-state index in [4.69, 9.17) is 5.73 Å². The average Bonchev–Trinajstić information content (AvgIpc) is 3.11. The standard InChI is InChI=1S/C43H65N7O5/c1-42(2,3)24-35(47(7)8)40(54)49-26-30-18-13-11-16-28(30)22-33(49)38(52)45-21-15-20-32(37(44)51)46-39(53)34-23-29-17-12-14-19-31(29)27-50(34)41(55)36(48(9)10)25-43(4,5)6/h11-14,16-19,32-36H,15,20-27H2,1-10H3,(H2,44,51)(H,45,52)(H,46,53)/t32-,33-,34-,35-,36-/m0/s1. The summed E-state index contributed by atoms with van der Waals surface area (Å²) in [6.07, 6.45) is 2.49. The van der Waals surface area contributed by atoms with Crippen LogP contribution in [0.1, 0.15) is 89.5 Å². The Kier molecular flexibility index (Phi) is 14.3. The second-order valence-corrected chi connectivity index (χ2v) is 18.3. The number of nitrogens with two attached hydrogens (primary N) is 1. The number of primary amides is 1. The number of fused-ring (bicyclic) bond motifs is 2. The Hall–Kier alpha value is -4.29. The second kappa shape index (κ2) is 18.1. The van der Waals surface area contributed by atoms with E-state index in [0.29, 0.717) is 38.6 Å². The summed E-state index contributed by atoms with van der Waals surface area (Å²) in [4.78, 5) is 76.0. The molecule has 12 nitrogen and oxygen atoms in total. The van der Waals surface area contributed by atoms with E-state index >= 15 is 0 Å². The largest absolute Gasteiger partial charge is 0.368 e. The van der Waals surface area contributed by atoms with E-state index in [-0.39, 0.29) is 48.1 Å². The third kappa shape index (κ3) is 11.6. The molecule has 5 amide bonds. The lowest BCUT2D eigenvalue weighted by molar-refractivity contribution is -0.147. The fourth-order valence-electron chi connectivity index (χ4n) is 7.69. The van der Waals surface area contributed by atoms with Crippen LogP contribution >= 0.6 is 0 Å². The molecule has 0 aromatic heterocycles. The maximum Gasteiger partial charge on any atom is 0.243 e. The van der Waals surface area contributed by atoms with Crippen molar-refractivity contribution in [2.75, 3.05) is 34.7 Å². The third-order valence-electron chi connectivity index (χ3n) is 10.7. The van der Waals surface area contributed by atoms with Crippen molar-refractivity contribution >= 4 is 29.5 Å². The van der Waals surface area contributed by atoms with Crippen molar-refractivity contribution in [3.05, 3.63) is 70.8 Å². The first kappa shape index (κ1) is 43.4. The minimum absolute atomic E-state index is 0.0840. The van der Waals surface area contributed by atoms with Crippen molar-refractivity contribution < 1.29 is 24.0 Å². The van der Waals surface area contributed by atoms with Gasteiger partial charge < -0.3 is 26.2 Å². The predicted molar refractivity (Wildman–Crippen MR) is 215 cm³/mol. The molecule has 0 aliphatic carbocycles. The molecule has 0 radical (unpaired) electrons. The maximum atomic E-state index is 14.2. The summed E-state index contributed by atoms with van der Waals surface area (Å²) in [6, 6.07) is 12.3. The zero-order valence-electron chi connectivity index (χ0n) is 34.8. The van der Waals surface area contributed by atoms with Crippen molar-refractivity contribution in [2.45, 2.75) is 123 Å². The van der Waals surface area contributed by atoms with Gasteiger partial charge in [-0.2, -0.15) is 0 Å². The SMILES string of the molecule is CN(C)[C@@H](CC(C)(C)C)C(=O)N1Cc2ccccc2C[C@H]1C(=O)NCCC[C@H](NC(=O)[C@@H]1Cc2ccccc2CN1C(=O)[C@H](CC(C)(C)C)N(C)C)C(N)=O. The molecule has 0 bridgehead atoms. The fourth-order valence-corrected chi connectivity index (χ4v) is 7.69. The number of likely N-dealkylation sites (N-methyl/N-ethyl adjacent to an activating group) is 2.